The zero-order valence-corrected chi connectivity index (χ0v) is 15.6. The molecule has 1 unspecified atom stereocenters. The Morgan fingerprint density at radius 3 is 2.80 bits per heavy atom. The molecule has 0 saturated carbocycles. The lowest BCUT2D eigenvalue weighted by molar-refractivity contribution is -0.520. The van der Waals surface area contributed by atoms with E-state index in [0.717, 1.165) is 0 Å². The van der Waals surface area contributed by atoms with Crippen molar-refractivity contribution in [2.24, 2.45) is 0 Å². The van der Waals surface area contributed by atoms with Crippen molar-refractivity contribution >= 4 is 16.4 Å². The van der Waals surface area contributed by atoms with E-state index in [1.54, 1.807) is 17.0 Å². The first kappa shape index (κ1) is 15.4. The van der Waals surface area contributed by atoms with E-state index in [1.807, 2.05) is 0 Å². The molecule has 2 heteroatoms. The molecule has 0 saturated heterocycles. The molecule has 0 radical (unpaired) electrons. The molecule has 0 amide bonds. The fraction of sp³-hybridized carbons (Fsp3) is 0.522. The third-order valence-corrected chi connectivity index (χ3v) is 6.98. The summed E-state index contributed by atoms with van der Waals surface area (Å²) in [5.74, 6) is 0. The van der Waals surface area contributed by atoms with Gasteiger partial charge in [0.05, 0.1) is 11.6 Å². The highest BCUT2D eigenvalue weighted by Gasteiger charge is 2.48. The standard InChI is InChI=1S/C23H29N2/c1-3-5-6-10-19-20-12-15-23(4-2)14-11-17-8-7-9-18-13-16-24(19)22(21(17)18)25(20)23/h7-9,13,16H,3-6,10-12,14-15H2,1-2H3/q+1. The van der Waals surface area contributed by atoms with Crippen molar-refractivity contribution in [2.75, 3.05) is 0 Å². The summed E-state index contributed by atoms with van der Waals surface area (Å²) in [6.45, 7) is 4.70. The Balaban J connectivity index is 1.86. The molecule has 25 heavy (non-hydrogen) atoms. The number of unbranched alkanes of at least 4 members (excludes halogenated alkanes) is 2. The second-order valence-electron chi connectivity index (χ2n) is 8.15. The van der Waals surface area contributed by atoms with Crippen LogP contribution in [0.15, 0.2) is 30.5 Å². The lowest BCUT2D eigenvalue weighted by atomic mass is 9.87. The van der Waals surface area contributed by atoms with Gasteiger partial charge in [0.15, 0.2) is 5.69 Å². The summed E-state index contributed by atoms with van der Waals surface area (Å²) in [6.07, 6.45) is 13.9. The number of aryl methyl sites for hydroxylation is 2. The first-order valence-corrected chi connectivity index (χ1v) is 10.3. The maximum Gasteiger partial charge on any atom is 0.295 e. The number of imidazole rings is 1. The van der Waals surface area contributed by atoms with Crippen LogP contribution in [0.1, 0.15) is 69.3 Å². The number of aromatic nitrogens is 2. The van der Waals surface area contributed by atoms with Crippen molar-refractivity contribution in [1.29, 1.82) is 0 Å². The Morgan fingerprint density at radius 2 is 1.96 bits per heavy atom. The van der Waals surface area contributed by atoms with E-state index in [2.05, 4.69) is 53.3 Å². The summed E-state index contributed by atoms with van der Waals surface area (Å²) in [7, 11) is 0. The van der Waals surface area contributed by atoms with Gasteiger partial charge in [0.1, 0.15) is 11.2 Å². The van der Waals surface area contributed by atoms with Crippen LogP contribution in [0.25, 0.3) is 16.4 Å². The maximum atomic E-state index is 2.80. The van der Waals surface area contributed by atoms with Crippen molar-refractivity contribution in [3.8, 4) is 0 Å². The number of nitrogens with zero attached hydrogens (tertiary/aromatic N) is 2. The van der Waals surface area contributed by atoms with E-state index in [0.29, 0.717) is 5.54 Å². The highest BCUT2D eigenvalue weighted by Crippen LogP contribution is 2.45. The second kappa shape index (κ2) is 5.59. The Kier molecular flexibility index (Phi) is 3.45. The van der Waals surface area contributed by atoms with Crippen molar-refractivity contribution in [3.05, 3.63) is 47.4 Å². The van der Waals surface area contributed by atoms with E-state index in [4.69, 9.17) is 0 Å². The summed E-state index contributed by atoms with van der Waals surface area (Å²) in [5, 5.41) is 2.93. The van der Waals surface area contributed by atoms with Crippen LogP contribution >= 0.6 is 0 Å². The van der Waals surface area contributed by atoms with Gasteiger partial charge < -0.3 is 0 Å². The van der Waals surface area contributed by atoms with Gasteiger partial charge in [-0.25, -0.2) is 4.57 Å². The average Bonchev–Trinajstić information content (AvgIpc) is 3.12. The van der Waals surface area contributed by atoms with Crippen molar-refractivity contribution < 1.29 is 4.40 Å². The minimum atomic E-state index is 0.344. The van der Waals surface area contributed by atoms with Crippen molar-refractivity contribution in [1.82, 2.24) is 4.57 Å². The highest BCUT2D eigenvalue weighted by atomic mass is 15.2. The fourth-order valence-corrected chi connectivity index (χ4v) is 5.57. The lowest BCUT2D eigenvalue weighted by Crippen LogP contribution is -2.32. The number of benzene rings is 1. The van der Waals surface area contributed by atoms with Crippen LogP contribution in [-0.4, -0.2) is 4.57 Å². The van der Waals surface area contributed by atoms with Gasteiger partial charge in [-0.05, 0) is 49.1 Å². The first-order chi connectivity index (χ1) is 12.3. The third kappa shape index (κ3) is 2.00. The second-order valence-corrected chi connectivity index (χ2v) is 8.15. The van der Waals surface area contributed by atoms with Gasteiger partial charge in [0.25, 0.3) is 5.65 Å². The molecule has 2 aromatic heterocycles. The quantitative estimate of drug-likeness (QED) is 0.453. The van der Waals surface area contributed by atoms with E-state index in [9.17, 15) is 0 Å². The topological polar surface area (TPSA) is 9.03 Å². The van der Waals surface area contributed by atoms with Crippen molar-refractivity contribution in [2.45, 2.75) is 77.2 Å². The van der Waals surface area contributed by atoms with E-state index >= 15 is 0 Å². The molecule has 130 valence electrons. The van der Waals surface area contributed by atoms with Gasteiger partial charge >= 0.3 is 0 Å². The molecular formula is C23H29N2+. The van der Waals surface area contributed by atoms with E-state index in [-0.39, 0.29) is 0 Å². The number of pyridine rings is 1. The summed E-state index contributed by atoms with van der Waals surface area (Å²) >= 11 is 0. The number of hydrogen-bond acceptors (Lipinski definition) is 0. The SMILES string of the molecule is CCCCCc1c2n3c4c5c(cccc5cc[n+]14)CCC3(CC)CC2. The van der Waals surface area contributed by atoms with Crippen LogP contribution in [-0.2, 0) is 24.8 Å². The molecular weight excluding hydrogens is 304 g/mol. The van der Waals surface area contributed by atoms with Gasteiger partial charge in [-0.3, -0.25) is 0 Å². The minimum absolute atomic E-state index is 0.344. The largest absolute Gasteiger partial charge is 0.295 e. The summed E-state index contributed by atoms with van der Waals surface area (Å²) in [4.78, 5) is 0. The molecule has 4 heterocycles. The summed E-state index contributed by atoms with van der Waals surface area (Å²) in [5.41, 5.74) is 6.63. The summed E-state index contributed by atoms with van der Waals surface area (Å²) < 4.78 is 5.36. The Morgan fingerprint density at radius 1 is 1.08 bits per heavy atom. The van der Waals surface area contributed by atoms with Crippen molar-refractivity contribution in [3.63, 3.8) is 0 Å². The molecule has 1 aromatic carbocycles. The lowest BCUT2D eigenvalue weighted by Gasteiger charge is -2.24. The molecule has 0 bridgehead atoms. The molecule has 0 aliphatic carbocycles. The summed E-state index contributed by atoms with van der Waals surface area (Å²) in [6, 6.07) is 9.24. The third-order valence-electron chi connectivity index (χ3n) is 6.98. The minimum Gasteiger partial charge on any atom is -0.221 e. The fourth-order valence-electron chi connectivity index (χ4n) is 5.57. The maximum absolute atomic E-state index is 2.80. The van der Waals surface area contributed by atoms with Gasteiger partial charge in [-0.1, -0.05) is 44.9 Å². The van der Waals surface area contributed by atoms with Crippen LogP contribution in [0.3, 0.4) is 0 Å². The molecule has 0 fully saturated rings. The molecule has 3 aromatic rings. The Bertz CT molecular complexity index is 965. The predicted octanol–water partition coefficient (Wildman–Crippen LogP) is 5.11. The van der Waals surface area contributed by atoms with E-state index in [1.165, 1.54) is 74.2 Å². The normalized spacial score (nSPS) is 21.5. The van der Waals surface area contributed by atoms with Gasteiger partial charge in [-0.2, -0.15) is 4.40 Å². The smallest absolute Gasteiger partial charge is 0.221 e. The van der Waals surface area contributed by atoms with Gasteiger partial charge in [0, 0.05) is 12.8 Å². The Hall–Kier alpha value is -1.83. The predicted molar refractivity (Wildman–Crippen MR) is 103 cm³/mol. The number of rotatable bonds is 5. The molecule has 0 N–H and O–H groups in total. The zero-order valence-electron chi connectivity index (χ0n) is 15.6. The monoisotopic (exact) mass is 333 g/mol. The van der Waals surface area contributed by atoms with Gasteiger partial charge in [0.2, 0.25) is 0 Å². The van der Waals surface area contributed by atoms with Crippen LogP contribution in [0.5, 0.6) is 0 Å². The Labute approximate surface area is 150 Å². The first-order valence-electron chi connectivity index (χ1n) is 10.3. The molecule has 2 aliphatic heterocycles. The molecule has 1 atom stereocenters. The van der Waals surface area contributed by atoms with Crippen LogP contribution < -0.4 is 4.40 Å². The van der Waals surface area contributed by atoms with Crippen LogP contribution in [0.4, 0.5) is 0 Å². The average molecular weight is 333 g/mol. The van der Waals surface area contributed by atoms with Crippen LogP contribution in [0.2, 0.25) is 0 Å². The zero-order chi connectivity index (χ0) is 17.0. The van der Waals surface area contributed by atoms with Crippen LogP contribution in [0, 0.1) is 0 Å². The molecule has 2 nitrogen and oxygen atoms in total. The van der Waals surface area contributed by atoms with E-state index < -0.39 is 0 Å². The van der Waals surface area contributed by atoms with Gasteiger partial charge in [-0.15, -0.1) is 0 Å². The molecule has 5 rings (SSSR count). The molecule has 2 aliphatic rings. The highest BCUT2D eigenvalue weighted by molar-refractivity contribution is 5.95. The molecule has 0 spiro atoms. The number of hydrogen-bond donors (Lipinski definition) is 0.